The van der Waals surface area contributed by atoms with Gasteiger partial charge in [-0.3, -0.25) is 14.3 Å². The third kappa shape index (κ3) is 5.23. The summed E-state index contributed by atoms with van der Waals surface area (Å²) in [5.41, 5.74) is 5.87. The molecule has 1 aliphatic heterocycles. The molecule has 11 heteroatoms. The zero-order chi connectivity index (χ0) is 29.6. The number of nitrogens with zero attached hydrogens (tertiary/aromatic N) is 5. The Morgan fingerprint density at radius 2 is 1.74 bits per heavy atom. The summed E-state index contributed by atoms with van der Waals surface area (Å²) in [5, 5.41) is 10.9. The van der Waals surface area contributed by atoms with E-state index in [1.54, 1.807) is 34.1 Å². The maximum Gasteiger partial charge on any atom is 0.573 e. The number of ether oxygens (including phenoxy) is 1. The second kappa shape index (κ2) is 10.6. The van der Waals surface area contributed by atoms with E-state index < -0.39 is 6.36 Å². The number of benzene rings is 4. The van der Waals surface area contributed by atoms with Crippen molar-refractivity contribution in [3.05, 3.63) is 95.8 Å². The highest BCUT2D eigenvalue weighted by Gasteiger charge is 2.37. The molecule has 1 atom stereocenters. The number of rotatable bonds is 5. The fourth-order valence-electron chi connectivity index (χ4n) is 5.04. The predicted octanol–water partition coefficient (Wildman–Crippen LogP) is 7.55. The van der Waals surface area contributed by atoms with Gasteiger partial charge in [0.2, 0.25) is 5.91 Å². The van der Waals surface area contributed by atoms with Crippen molar-refractivity contribution in [2.75, 3.05) is 4.90 Å². The van der Waals surface area contributed by atoms with E-state index in [2.05, 4.69) is 19.9 Å². The van der Waals surface area contributed by atoms with Gasteiger partial charge in [0.25, 0.3) is 0 Å². The normalized spacial score (nSPS) is 16.9. The molecule has 1 saturated heterocycles. The number of carbonyl (C=O) groups excluding carboxylic acids is 1. The van der Waals surface area contributed by atoms with Gasteiger partial charge in [0.15, 0.2) is 5.17 Å². The van der Waals surface area contributed by atoms with Gasteiger partial charge in [0.1, 0.15) is 12.1 Å². The van der Waals surface area contributed by atoms with Crippen LogP contribution in [-0.4, -0.2) is 38.5 Å². The van der Waals surface area contributed by atoms with Crippen LogP contribution in [0.25, 0.3) is 27.5 Å². The minimum absolute atomic E-state index is 0.0221. The van der Waals surface area contributed by atoms with Crippen LogP contribution in [0.1, 0.15) is 23.6 Å². The number of amides is 1. The molecule has 6 rings (SSSR count). The number of hydrogen-bond donors (Lipinski definition) is 0. The van der Waals surface area contributed by atoms with Crippen molar-refractivity contribution < 1.29 is 22.7 Å². The summed E-state index contributed by atoms with van der Waals surface area (Å²) < 4.78 is 43.3. The topological polar surface area (TPSA) is 72.1 Å². The van der Waals surface area contributed by atoms with Crippen molar-refractivity contribution in [1.29, 1.82) is 0 Å². The first-order chi connectivity index (χ1) is 20.1. The monoisotopic (exact) mass is 587 g/mol. The van der Waals surface area contributed by atoms with E-state index in [0.717, 1.165) is 44.2 Å². The minimum atomic E-state index is -4.74. The molecule has 5 aromatic rings. The Kier molecular flexibility index (Phi) is 6.97. The molecule has 4 aromatic carbocycles. The molecule has 42 heavy (non-hydrogen) atoms. The predicted molar refractivity (Wildman–Crippen MR) is 161 cm³/mol. The number of aryl methyl sites for hydroxylation is 2. The summed E-state index contributed by atoms with van der Waals surface area (Å²) in [7, 11) is 0. The van der Waals surface area contributed by atoms with Gasteiger partial charge in [-0.1, -0.05) is 48.2 Å². The van der Waals surface area contributed by atoms with E-state index in [1.807, 2.05) is 69.3 Å². The highest BCUT2D eigenvalue weighted by Crippen LogP contribution is 2.36. The van der Waals surface area contributed by atoms with E-state index >= 15 is 0 Å². The standard InChI is InChI=1S/C31H24F3N5O2S/c1-18-5-4-6-19(2)28(18)39-29(40)20(3)42-30(39)37-36-16-21-7-13-25-22(15-21)8-14-26-27(25)35-17-38(26)23-9-11-24(12-10-23)41-31(32,33)34/h4-17,20H,1-3H3/b36-16?,37-30-. The summed E-state index contributed by atoms with van der Waals surface area (Å²) in [4.78, 5) is 19.2. The first-order valence-corrected chi connectivity index (χ1v) is 13.9. The zero-order valence-corrected chi connectivity index (χ0v) is 23.6. The molecule has 212 valence electrons. The summed E-state index contributed by atoms with van der Waals surface area (Å²) in [6.07, 6.45) is -1.46. The summed E-state index contributed by atoms with van der Waals surface area (Å²) in [6, 6.07) is 21.2. The van der Waals surface area contributed by atoms with E-state index in [1.165, 1.54) is 23.9 Å². The molecule has 0 radical (unpaired) electrons. The Labute approximate surface area is 243 Å². The number of fused-ring (bicyclic) bond motifs is 3. The molecule has 0 saturated carbocycles. The minimum Gasteiger partial charge on any atom is -0.406 e. The Bertz CT molecular complexity index is 1880. The van der Waals surface area contributed by atoms with E-state index in [-0.39, 0.29) is 16.9 Å². The molecule has 0 N–H and O–H groups in total. The second-order valence-corrected chi connectivity index (χ2v) is 11.2. The number of hydrogen-bond acceptors (Lipinski definition) is 6. The third-order valence-electron chi connectivity index (χ3n) is 6.96. The van der Waals surface area contributed by atoms with Gasteiger partial charge < -0.3 is 4.74 Å². The van der Waals surface area contributed by atoms with E-state index in [9.17, 15) is 18.0 Å². The van der Waals surface area contributed by atoms with Gasteiger partial charge in [-0.05, 0) is 79.2 Å². The van der Waals surface area contributed by atoms with Gasteiger partial charge in [-0.2, -0.15) is 5.10 Å². The number of aromatic nitrogens is 2. The average molecular weight is 588 g/mol. The van der Waals surface area contributed by atoms with Crippen molar-refractivity contribution in [3.63, 3.8) is 0 Å². The lowest BCUT2D eigenvalue weighted by atomic mass is 10.1. The number of anilines is 1. The molecular weight excluding hydrogens is 563 g/mol. The summed E-state index contributed by atoms with van der Waals surface area (Å²) >= 11 is 1.38. The van der Waals surface area contributed by atoms with Gasteiger partial charge in [0, 0.05) is 11.1 Å². The average Bonchev–Trinajstić information content (AvgIpc) is 3.49. The number of carbonyl (C=O) groups is 1. The van der Waals surface area contributed by atoms with Gasteiger partial charge in [-0.15, -0.1) is 18.3 Å². The lowest BCUT2D eigenvalue weighted by molar-refractivity contribution is -0.274. The molecular formula is C31H24F3N5O2S. The first-order valence-electron chi connectivity index (χ1n) is 13.0. The van der Waals surface area contributed by atoms with Crippen LogP contribution >= 0.6 is 11.8 Å². The molecule has 0 bridgehead atoms. The first kappa shape index (κ1) is 27.5. The molecule has 1 amide bonds. The van der Waals surface area contributed by atoms with Crippen LogP contribution in [-0.2, 0) is 4.79 Å². The van der Waals surface area contributed by atoms with Crippen molar-refractivity contribution >= 4 is 56.5 Å². The van der Waals surface area contributed by atoms with Crippen LogP contribution in [0, 0.1) is 13.8 Å². The van der Waals surface area contributed by atoms with Gasteiger partial charge in [-0.25, -0.2) is 4.98 Å². The molecule has 1 aliphatic rings. The number of para-hydroxylation sites is 1. The van der Waals surface area contributed by atoms with Crippen molar-refractivity contribution in [2.24, 2.45) is 10.2 Å². The molecule has 0 spiro atoms. The maximum absolute atomic E-state index is 13.0. The molecule has 1 fully saturated rings. The lowest BCUT2D eigenvalue weighted by Crippen LogP contribution is -2.32. The van der Waals surface area contributed by atoms with Crippen LogP contribution in [0.2, 0.25) is 0 Å². The van der Waals surface area contributed by atoms with Crippen LogP contribution in [0.5, 0.6) is 5.75 Å². The van der Waals surface area contributed by atoms with Crippen molar-refractivity contribution in [3.8, 4) is 11.4 Å². The molecule has 7 nitrogen and oxygen atoms in total. The Balaban J connectivity index is 1.27. The fourth-order valence-corrected chi connectivity index (χ4v) is 5.94. The second-order valence-electron chi connectivity index (χ2n) is 9.87. The quantitative estimate of drug-likeness (QED) is 0.157. The number of amidine groups is 1. The molecule has 1 aromatic heterocycles. The highest BCUT2D eigenvalue weighted by atomic mass is 32.2. The molecule has 2 heterocycles. The number of thioether (sulfide) groups is 1. The Morgan fingerprint density at radius 1 is 1.00 bits per heavy atom. The smallest absolute Gasteiger partial charge is 0.406 e. The fraction of sp³-hybridized carbons (Fsp3) is 0.161. The van der Waals surface area contributed by atoms with Crippen LogP contribution in [0.3, 0.4) is 0 Å². The number of halogens is 3. The van der Waals surface area contributed by atoms with Gasteiger partial charge >= 0.3 is 6.36 Å². The molecule has 1 unspecified atom stereocenters. The maximum atomic E-state index is 13.0. The van der Waals surface area contributed by atoms with Crippen LogP contribution in [0.15, 0.2) is 89.3 Å². The largest absolute Gasteiger partial charge is 0.573 e. The highest BCUT2D eigenvalue weighted by molar-refractivity contribution is 8.16. The van der Waals surface area contributed by atoms with Crippen LogP contribution < -0.4 is 9.64 Å². The lowest BCUT2D eigenvalue weighted by Gasteiger charge is -2.20. The third-order valence-corrected chi connectivity index (χ3v) is 7.99. The Hall–Kier alpha value is -4.64. The van der Waals surface area contributed by atoms with Crippen molar-refractivity contribution in [2.45, 2.75) is 32.4 Å². The number of imidazole rings is 1. The van der Waals surface area contributed by atoms with Gasteiger partial charge in [0.05, 0.1) is 28.2 Å². The summed E-state index contributed by atoms with van der Waals surface area (Å²) in [6.45, 7) is 5.81. The summed E-state index contributed by atoms with van der Waals surface area (Å²) in [5.74, 6) is -0.308. The van der Waals surface area contributed by atoms with E-state index in [0.29, 0.717) is 10.9 Å². The van der Waals surface area contributed by atoms with Crippen LogP contribution in [0.4, 0.5) is 18.9 Å². The Morgan fingerprint density at radius 3 is 2.45 bits per heavy atom. The zero-order valence-electron chi connectivity index (χ0n) is 22.8. The molecule has 0 aliphatic carbocycles. The van der Waals surface area contributed by atoms with E-state index in [4.69, 9.17) is 0 Å². The number of alkyl halides is 3. The van der Waals surface area contributed by atoms with Crippen molar-refractivity contribution in [1.82, 2.24) is 9.55 Å². The SMILES string of the molecule is Cc1cccc(C)c1N1C(=O)C(C)S/C1=N\N=Cc1ccc2c(ccc3c2ncn3-c2ccc(OC(F)(F)F)cc2)c1.